The van der Waals surface area contributed by atoms with E-state index in [-0.39, 0.29) is 0 Å². The first-order chi connectivity index (χ1) is 10.0. The van der Waals surface area contributed by atoms with Gasteiger partial charge in [0.05, 0.1) is 7.11 Å². The van der Waals surface area contributed by atoms with Gasteiger partial charge in [0.1, 0.15) is 5.75 Å². The molecule has 0 aliphatic rings. The normalized spacial score (nSPS) is 13.0. The molecule has 1 aromatic rings. The summed E-state index contributed by atoms with van der Waals surface area (Å²) in [5.74, 6) is 0.977. The maximum Gasteiger partial charge on any atom is 0.123 e. The van der Waals surface area contributed by atoms with Crippen LogP contribution in [0.25, 0.3) is 0 Å². The third-order valence-electron chi connectivity index (χ3n) is 3.76. The largest absolute Gasteiger partial charge is 0.496 e. The lowest BCUT2D eigenvalue weighted by Gasteiger charge is -2.30. The fourth-order valence-electron chi connectivity index (χ4n) is 2.71. The quantitative estimate of drug-likeness (QED) is 0.755. The summed E-state index contributed by atoms with van der Waals surface area (Å²) in [6.07, 6.45) is 0. The van der Waals surface area contributed by atoms with Crippen LogP contribution in [0, 0.1) is 0 Å². The number of likely N-dealkylation sites (N-methyl/N-ethyl adjacent to an activating group) is 2. The second-order valence-corrected chi connectivity index (χ2v) is 5.85. The molecule has 1 N–H and O–H groups in total. The number of hydrogen-bond donors (Lipinski definition) is 1. The highest BCUT2D eigenvalue weighted by Crippen LogP contribution is 2.22. The lowest BCUT2D eigenvalue weighted by molar-refractivity contribution is 0.172. The zero-order valence-electron chi connectivity index (χ0n) is 14.4. The van der Waals surface area contributed by atoms with Gasteiger partial charge in [0.25, 0.3) is 0 Å². The van der Waals surface area contributed by atoms with Crippen molar-refractivity contribution in [1.29, 1.82) is 0 Å². The van der Waals surface area contributed by atoms with E-state index in [9.17, 15) is 0 Å². The molecule has 0 saturated heterocycles. The van der Waals surface area contributed by atoms with Crippen LogP contribution in [0.1, 0.15) is 25.0 Å². The van der Waals surface area contributed by atoms with Crippen molar-refractivity contribution in [1.82, 2.24) is 15.1 Å². The molecule has 0 heterocycles. The summed E-state index contributed by atoms with van der Waals surface area (Å²) in [7, 11) is 7.97. The van der Waals surface area contributed by atoms with E-state index in [0.29, 0.717) is 6.04 Å². The van der Waals surface area contributed by atoms with Crippen LogP contribution in [0.15, 0.2) is 18.2 Å². The van der Waals surface area contributed by atoms with E-state index in [2.05, 4.69) is 61.3 Å². The van der Waals surface area contributed by atoms with Crippen LogP contribution in [-0.2, 0) is 13.1 Å². The molecular formula is C17H31N3O. The molecule has 0 bridgehead atoms. The number of hydrogen-bond acceptors (Lipinski definition) is 4. The van der Waals surface area contributed by atoms with Gasteiger partial charge in [0, 0.05) is 31.2 Å². The van der Waals surface area contributed by atoms with Gasteiger partial charge in [0.15, 0.2) is 0 Å². The van der Waals surface area contributed by atoms with Crippen LogP contribution in [-0.4, -0.2) is 57.2 Å². The van der Waals surface area contributed by atoms with E-state index in [4.69, 9.17) is 4.74 Å². The summed E-state index contributed by atoms with van der Waals surface area (Å²) in [6.45, 7) is 8.41. The predicted molar refractivity (Wildman–Crippen MR) is 89.9 cm³/mol. The van der Waals surface area contributed by atoms with Crippen LogP contribution < -0.4 is 10.1 Å². The first-order valence-electron chi connectivity index (χ1n) is 7.71. The molecule has 0 radical (unpaired) electrons. The zero-order valence-corrected chi connectivity index (χ0v) is 14.4. The number of rotatable bonds is 9. The van der Waals surface area contributed by atoms with Crippen LogP contribution in [0.4, 0.5) is 0 Å². The van der Waals surface area contributed by atoms with Crippen LogP contribution in [0.3, 0.4) is 0 Å². The van der Waals surface area contributed by atoms with Crippen molar-refractivity contribution in [3.05, 3.63) is 29.3 Å². The molecule has 0 saturated carbocycles. The predicted octanol–water partition coefficient (Wildman–Crippen LogP) is 2.19. The maximum atomic E-state index is 5.53. The molecule has 0 fully saturated rings. The summed E-state index contributed by atoms with van der Waals surface area (Å²) in [5.41, 5.74) is 2.56. The first-order valence-corrected chi connectivity index (χ1v) is 7.71. The van der Waals surface area contributed by atoms with Gasteiger partial charge in [-0.15, -0.1) is 0 Å². The molecule has 1 rings (SSSR count). The minimum Gasteiger partial charge on any atom is -0.496 e. The van der Waals surface area contributed by atoms with E-state index in [1.807, 2.05) is 7.05 Å². The zero-order chi connectivity index (χ0) is 15.8. The molecule has 0 aliphatic carbocycles. The topological polar surface area (TPSA) is 27.7 Å². The lowest BCUT2D eigenvalue weighted by Crippen LogP contribution is -2.39. The van der Waals surface area contributed by atoms with Crippen molar-refractivity contribution in [2.75, 3.05) is 41.3 Å². The van der Waals surface area contributed by atoms with E-state index in [0.717, 1.165) is 31.9 Å². The number of ether oxygens (including phenoxy) is 1. The van der Waals surface area contributed by atoms with Gasteiger partial charge < -0.3 is 15.0 Å². The van der Waals surface area contributed by atoms with Gasteiger partial charge in [-0.05, 0) is 52.3 Å². The number of nitrogens with one attached hydrogen (secondary N) is 1. The van der Waals surface area contributed by atoms with Crippen LogP contribution >= 0.6 is 0 Å². The van der Waals surface area contributed by atoms with Crippen LogP contribution in [0.2, 0.25) is 0 Å². The molecule has 0 spiro atoms. The molecule has 1 unspecified atom stereocenters. The highest BCUT2D eigenvalue weighted by atomic mass is 16.5. The van der Waals surface area contributed by atoms with Crippen molar-refractivity contribution in [2.24, 2.45) is 0 Å². The molecule has 21 heavy (non-hydrogen) atoms. The summed E-state index contributed by atoms with van der Waals surface area (Å²) in [6, 6.07) is 6.97. The third kappa shape index (κ3) is 5.65. The Morgan fingerprint density at radius 3 is 2.52 bits per heavy atom. The second kappa shape index (κ2) is 9.03. The molecule has 0 aliphatic heterocycles. The van der Waals surface area contributed by atoms with Gasteiger partial charge in [-0.2, -0.15) is 0 Å². The van der Waals surface area contributed by atoms with Gasteiger partial charge in [-0.25, -0.2) is 0 Å². The summed E-state index contributed by atoms with van der Waals surface area (Å²) in [4.78, 5) is 4.73. The third-order valence-corrected chi connectivity index (χ3v) is 3.76. The van der Waals surface area contributed by atoms with Gasteiger partial charge in [0.2, 0.25) is 0 Å². The van der Waals surface area contributed by atoms with Crippen molar-refractivity contribution in [3.8, 4) is 5.75 Å². The molecule has 4 nitrogen and oxygen atoms in total. The number of benzene rings is 1. The fraction of sp³-hybridized carbons (Fsp3) is 0.647. The van der Waals surface area contributed by atoms with E-state index in [1.165, 1.54) is 11.1 Å². The van der Waals surface area contributed by atoms with Crippen molar-refractivity contribution in [2.45, 2.75) is 33.0 Å². The van der Waals surface area contributed by atoms with E-state index >= 15 is 0 Å². The molecule has 0 amide bonds. The average molecular weight is 293 g/mol. The molecule has 120 valence electrons. The summed E-state index contributed by atoms with van der Waals surface area (Å²) < 4.78 is 5.53. The lowest BCUT2D eigenvalue weighted by atomic mass is 10.1. The van der Waals surface area contributed by atoms with Crippen molar-refractivity contribution in [3.63, 3.8) is 0 Å². The molecule has 0 aromatic heterocycles. The minimum absolute atomic E-state index is 0.516. The Morgan fingerprint density at radius 1 is 1.29 bits per heavy atom. The van der Waals surface area contributed by atoms with Crippen LogP contribution in [0.5, 0.6) is 5.75 Å². The van der Waals surface area contributed by atoms with E-state index in [1.54, 1.807) is 7.11 Å². The monoisotopic (exact) mass is 293 g/mol. The molecule has 4 heteroatoms. The SMILES string of the molecule is CCN(Cc1cc(CNC)ccc1OC)C(C)CN(C)C. The fourth-order valence-corrected chi connectivity index (χ4v) is 2.71. The summed E-state index contributed by atoms with van der Waals surface area (Å²) >= 11 is 0. The van der Waals surface area contributed by atoms with E-state index < -0.39 is 0 Å². The average Bonchev–Trinajstić information content (AvgIpc) is 2.44. The number of methoxy groups -OCH3 is 1. The first kappa shape index (κ1) is 18.0. The van der Waals surface area contributed by atoms with Crippen molar-refractivity contribution < 1.29 is 4.74 Å². The standard InChI is InChI=1S/C17H31N3O/c1-7-20(14(2)12-19(4)5)13-16-10-15(11-18-3)8-9-17(16)21-6/h8-10,14,18H,7,11-13H2,1-6H3. The Morgan fingerprint density at radius 2 is 2.00 bits per heavy atom. The van der Waals surface area contributed by atoms with Gasteiger partial charge in [-0.1, -0.05) is 13.0 Å². The Hall–Kier alpha value is -1.10. The second-order valence-electron chi connectivity index (χ2n) is 5.85. The summed E-state index contributed by atoms with van der Waals surface area (Å²) in [5, 5.41) is 3.20. The minimum atomic E-state index is 0.516. The molecule has 1 atom stereocenters. The molecule has 1 aromatic carbocycles. The molecular weight excluding hydrogens is 262 g/mol. The van der Waals surface area contributed by atoms with Gasteiger partial charge >= 0.3 is 0 Å². The Kier molecular flexibility index (Phi) is 7.72. The Labute approximate surface area is 130 Å². The van der Waals surface area contributed by atoms with Crippen molar-refractivity contribution >= 4 is 0 Å². The Bertz CT molecular complexity index is 420. The Balaban J connectivity index is 2.88. The smallest absolute Gasteiger partial charge is 0.123 e. The number of nitrogens with zero attached hydrogens (tertiary/aromatic N) is 2. The highest BCUT2D eigenvalue weighted by Gasteiger charge is 2.15. The van der Waals surface area contributed by atoms with Gasteiger partial charge in [-0.3, -0.25) is 4.90 Å². The maximum absolute atomic E-state index is 5.53. The highest BCUT2D eigenvalue weighted by molar-refractivity contribution is 5.37.